The minimum absolute atomic E-state index is 0.0858. The molecule has 1 aromatic rings. The summed E-state index contributed by atoms with van der Waals surface area (Å²) in [5.41, 5.74) is -0.540. The number of carbonyl (C=O) groups is 2. The van der Waals surface area contributed by atoms with Gasteiger partial charge in [0.05, 0.1) is 21.9 Å². The Balaban J connectivity index is 1.79. The van der Waals surface area contributed by atoms with Crippen molar-refractivity contribution in [2.75, 3.05) is 4.90 Å². The van der Waals surface area contributed by atoms with Crippen molar-refractivity contribution in [2.24, 2.45) is 23.2 Å². The van der Waals surface area contributed by atoms with E-state index in [0.29, 0.717) is 5.69 Å². The number of hydrogen-bond donors (Lipinski definition) is 0. The number of amides is 2. The highest BCUT2D eigenvalue weighted by atomic mass is 16.6. The molecule has 2 amide bonds. The van der Waals surface area contributed by atoms with Crippen LogP contribution in [-0.2, 0) is 9.59 Å². The van der Waals surface area contributed by atoms with Crippen molar-refractivity contribution in [3.05, 3.63) is 46.5 Å². The fourth-order valence-electron chi connectivity index (χ4n) is 4.30. The van der Waals surface area contributed by atoms with Gasteiger partial charge in [-0.1, -0.05) is 18.2 Å². The van der Waals surface area contributed by atoms with E-state index in [1.54, 1.807) is 6.07 Å². The van der Waals surface area contributed by atoms with Gasteiger partial charge in [0.15, 0.2) is 0 Å². The van der Waals surface area contributed by atoms with Crippen molar-refractivity contribution in [3.63, 3.8) is 0 Å². The fraction of sp³-hybridized carbons (Fsp3) is 0.375. The molecule has 1 aromatic carbocycles. The predicted octanol–water partition coefficient (Wildman–Crippen LogP) is 2.30. The first-order valence-corrected chi connectivity index (χ1v) is 7.26. The Morgan fingerprint density at radius 3 is 2.77 bits per heavy atom. The number of nitro groups is 1. The number of hydrogen-bond acceptors (Lipinski definition) is 4. The summed E-state index contributed by atoms with van der Waals surface area (Å²) in [6.45, 7) is 1.85. The summed E-state index contributed by atoms with van der Waals surface area (Å²) in [7, 11) is 0. The summed E-state index contributed by atoms with van der Waals surface area (Å²) in [5.74, 6) is -0.614. The van der Waals surface area contributed by atoms with Gasteiger partial charge in [0.2, 0.25) is 11.8 Å². The van der Waals surface area contributed by atoms with Crippen molar-refractivity contribution in [2.45, 2.75) is 13.3 Å². The van der Waals surface area contributed by atoms with Gasteiger partial charge in [-0.05, 0) is 31.2 Å². The molecule has 0 spiro atoms. The van der Waals surface area contributed by atoms with E-state index in [-0.39, 0.29) is 35.3 Å². The number of nitrogens with zero attached hydrogens (tertiary/aromatic N) is 2. The van der Waals surface area contributed by atoms with Gasteiger partial charge in [0.25, 0.3) is 5.69 Å². The number of fused-ring (bicyclic) bond motifs is 5. The maximum atomic E-state index is 12.9. The maximum Gasteiger partial charge on any atom is 0.271 e. The number of anilines is 1. The van der Waals surface area contributed by atoms with Crippen LogP contribution in [0.1, 0.15) is 13.3 Å². The van der Waals surface area contributed by atoms with Crippen LogP contribution in [0.4, 0.5) is 11.4 Å². The second kappa shape index (κ2) is 4.03. The molecule has 2 aliphatic carbocycles. The monoisotopic (exact) mass is 298 g/mol. The highest BCUT2D eigenvalue weighted by molar-refractivity contribution is 6.24. The second-order valence-corrected chi connectivity index (χ2v) is 6.41. The Hall–Kier alpha value is -2.50. The van der Waals surface area contributed by atoms with Crippen LogP contribution in [0.2, 0.25) is 0 Å². The largest absolute Gasteiger partial charge is 0.274 e. The van der Waals surface area contributed by atoms with Crippen molar-refractivity contribution < 1.29 is 14.5 Å². The first-order chi connectivity index (χ1) is 10.4. The minimum atomic E-state index is -0.707. The summed E-state index contributed by atoms with van der Waals surface area (Å²) in [6.07, 6.45) is 4.91. The third-order valence-corrected chi connectivity index (χ3v) is 5.41. The van der Waals surface area contributed by atoms with E-state index >= 15 is 0 Å². The molecule has 1 saturated heterocycles. The lowest BCUT2D eigenvalue weighted by atomic mass is 9.71. The molecule has 2 bridgehead atoms. The lowest BCUT2D eigenvalue weighted by Gasteiger charge is -2.28. The van der Waals surface area contributed by atoms with Crippen LogP contribution in [0.15, 0.2) is 36.4 Å². The Morgan fingerprint density at radius 2 is 2.09 bits per heavy atom. The zero-order valence-corrected chi connectivity index (χ0v) is 11.9. The molecule has 112 valence electrons. The topological polar surface area (TPSA) is 80.5 Å². The van der Waals surface area contributed by atoms with Gasteiger partial charge in [0, 0.05) is 12.1 Å². The number of imide groups is 1. The van der Waals surface area contributed by atoms with Gasteiger partial charge >= 0.3 is 0 Å². The summed E-state index contributed by atoms with van der Waals surface area (Å²) in [5, 5.41) is 10.9. The first-order valence-electron chi connectivity index (χ1n) is 7.26. The molecule has 4 rings (SSSR count). The van der Waals surface area contributed by atoms with Crippen molar-refractivity contribution in [1.29, 1.82) is 0 Å². The average molecular weight is 298 g/mol. The van der Waals surface area contributed by atoms with E-state index < -0.39 is 10.3 Å². The molecule has 1 aliphatic heterocycles. The number of non-ortho nitro benzene ring substituents is 1. The van der Waals surface area contributed by atoms with Gasteiger partial charge < -0.3 is 0 Å². The summed E-state index contributed by atoms with van der Waals surface area (Å²) < 4.78 is 0. The highest BCUT2D eigenvalue weighted by Crippen LogP contribution is 2.60. The molecule has 22 heavy (non-hydrogen) atoms. The Kier molecular flexibility index (Phi) is 2.41. The lowest BCUT2D eigenvalue weighted by Crippen LogP contribution is -2.37. The quantitative estimate of drug-likeness (QED) is 0.363. The lowest BCUT2D eigenvalue weighted by molar-refractivity contribution is -0.384. The van der Waals surface area contributed by atoms with Gasteiger partial charge in [-0.2, -0.15) is 0 Å². The SMILES string of the molecule is CC12C(=O)N(c3cccc([N+](=O)[O-])c3)C(=O)C1C1C=CC2C1. The van der Waals surface area contributed by atoms with E-state index in [1.807, 2.05) is 19.1 Å². The summed E-state index contributed by atoms with van der Waals surface area (Å²) in [4.78, 5) is 37.2. The van der Waals surface area contributed by atoms with Gasteiger partial charge in [-0.25, -0.2) is 4.90 Å². The molecule has 6 nitrogen and oxygen atoms in total. The van der Waals surface area contributed by atoms with Crippen LogP contribution in [0.5, 0.6) is 0 Å². The van der Waals surface area contributed by atoms with Gasteiger partial charge in [0.1, 0.15) is 0 Å². The van der Waals surface area contributed by atoms with E-state index in [2.05, 4.69) is 0 Å². The first kappa shape index (κ1) is 13.2. The number of allylic oxidation sites excluding steroid dienone is 2. The molecular formula is C16H14N2O4. The van der Waals surface area contributed by atoms with Crippen LogP contribution >= 0.6 is 0 Å². The minimum Gasteiger partial charge on any atom is -0.274 e. The third kappa shape index (κ3) is 1.39. The molecule has 2 fully saturated rings. The fourth-order valence-corrected chi connectivity index (χ4v) is 4.30. The van der Waals surface area contributed by atoms with Crippen molar-refractivity contribution in [1.82, 2.24) is 0 Å². The van der Waals surface area contributed by atoms with Crippen LogP contribution in [0, 0.1) is 33.3 Å². The zero-order chi connectivity index (χ0) is 15.6. The van der Waals surface area contributed by atoms with Crippen LogP contribution in [-0.4, -0.2) is 16.7 Å². The van der Waals surface area contributed by atoms with Crippen LogP contribution in [0.25, 0.3) is 0 Å². The third-order valence-electron chi connectivity index (χ3n) is 5.41. The number of nitro benzene ring substituents is 1. The molecule has 0 N–H and O–H groups in total. The molecular weight excluding hydrogens is 284 g/mol. The van der Waals surface area contributed by atoms with E-state index in [4.69, 9.17) is 0 Å². The second-order valence-electron chi connectivity index (χ2n) is 6.41. The normalized spacial score (nSPS) is 35.3. The number of rotatable bonds is 2. The van der Waals surface area contributed by atoms with E-state index in [0.717, 1.165) is 11.3 Å². The molecule has 4 atom stereocenters. The zero-order valence-electron chi connectivity index (χ0n) is 11.9. The Labute approximate surface area is 126 Å². The summed E-state index contributed by atoms with van der Waals surface area (Å²) in [6, 6.07) is 5.71. The Bertz CT molecular complexity index is 756. The molecule has 4 unspecified atom stereocenters. The number of carbonyl (C=O) groups excluding carboxylic acids is 2. The molecule has 0 radical (unpaired) electrons. The van der Waals surface area contributed by atoms with Gasteiger partial charge in [-0.15, -0.1) is 0 Å². The van der Waals surface area contributed by atoms with Crippen LogP contribution < -0.4 is 4.90 Å². The summed E-state index contributed by atoms with van der Waals surface area (Å²) >= 11 is 0. The highest BCUT2D eigenvalue weighted by Gasteiger charge is 2.67. The smallest absolute Gasteiger partial charge is 0.271 e. The van der Waals surface area contributed by atoms with Crippen molar-refractivity contribution >= 4 is 23.2 Å². The molecule has 1 saturated carbocycles. The van der Waals surface area contributed by atoms with E-state index in [9.17, 15) is 19.7 Å². The standard InChI is InChI=1S/C16H14N2O4/c1-16-10-6-5-9(7-10)13(16)14(19)17(15(16)20)11-3-2-4-12(8-11)18(21)22/h2-6,8-10,13H,7H2,1H3. The predicted molar refractivity (Wildman–Crippen MR) is 77.9 cm³/mol. The van der Waals surface area contributed by atoms with Crippen molar-refractivity contribution in [3.8, 4) is 0 Å². The molecule has 0 aromatic heterocycles. The van der Waals surface area contributed by atoms with Gasteiger partial charge in [-0.3, -0.25) is 19.7 Å². The number of benzene rings is 1. The van der Waals surface area contributed by atoms with E-state index in [1.165, 1.54) is 18.2 Å². The van der Waals surface area contributed by atoms with Crippen LogP contribution in [0.3, 0.4) is 0 Å². The average Bonchev–Trinajstić information content (AvgIpc) is 3.12. The molecule has 3 aliphatic rings. The molecule has 1 heterocycles. The maximum absolute atomic E-state index is 12.9. The molecule has 6 heteroatoms. The Morgan fingerprint density at radius 1 is 1.32 bits per heavy atom.